The Morgan fingerprint density at radius 1 is 1.45 bits per heavy atom. The van der Waals surface area contributed by atoms with E-state index in [4.69, 9.17) is 5.11 Å². The zero-order chi connectivity index (χ0) is 15.3. The van der Waals surface area contributed by atoms with Crippen LogP contribution in [0.4, 0.5) is 0 Å². The molecule has 1 amide bonds. The minimum absolute atomic E-state index is 0.0444. The molecule has 2 atom stereocenters. The second-order valence-electron chi connectivity index (χ2n) is 4.99. The second-order valence-corrected chi connectivity index (χ2v) is 8.25. The third-order valence-corrected chi connectivity index (χ3v) is 6.26. The van der Waals surface area contributed by atoms with Gasteiger partial charge in [0.25, 0.3) is 0 Å². The Hall–Kier alpha value is -0.760. The number of hydrogen-bond acceptors (Lipinski definition) is 5. The Morgan fingerprint density at radius 3 is 2.55 bits per heavy atom. The SMILES string of the molecule is CCN(C(=O)CSCC(C)C(=O)O)C1CCS(=O)(=O)C1. The van der Waals surface area contributed by atoms with Gasteiger partial charge in [0, 0.05) is 18.3 Å². The van der Waals surface area contributed by atoms with Gasteiger partial charge in [-0.15, -0.1) is 0 Å². The maximum Gasteiger partial charge on any atom is 0.307 e. The summed E-state index contributed by atoms with van der Waals surface area (Å²) >= 11 is 1.28. The molecule has 1 heterocycles. The number of sulfone groups is 1. The van der Waals surface area contributed by atoms with Crippen molar-refractivity contribution >= 4 is 33.5 Å². The number of amides is 1. The molecule has 1 fully saturated rings. The lowest BCUT2D eigenvalue weighted by Gasteiger charge is -2.26. The molecular weight excluding hydrogens is 302 g/mol. The lowest BCUT2D eigenvalue weighted by Crippen LogP contribution is -2.42. The van der Waals surface area contributed by atoms with Gasteiger partial charge in [0.1, 0.15) is 0 Å². The van der Waals surface area contributed by atoms with Crippen molar-refractivity contribution in [3.05, 3.63) is 0 Å². The largest absolute Gasteiger partial charge is 0.481 e. The van der Waals surface area contributed by atoms with Crippen LogP contribution in [0.1, 0.15) is 20.3 Å². The Bertz CT molecular complexity index is 462. The van der Waals surface area contributed by atoms with Crippen LogP contribution in [0.15, 0.2) is 0 Å². The summed E-state index contributed by atoms with van der Waals surface area (Å²) in [5.74, 6) is -0.720. The van der Waals surface area contributed by atoms with Gasteiger partial charge in [0.2, 0.25) is 5.91 Å². The fraction of sp³-hybridized carbons (Fsp3) is 0.833. The van der Waals surface area contributed by atoms with E-state index in [1.165, 1.54) is 11.8 Å². The van der Waals surface area contributed by atoms with Crippen molar-refractivity contribution in [2.75, 3.05) is 29.6 Å². The van der Waals surface area contributed by atoms with Gasteiger partial charge in [0.15, 0.2) is 9.84 Å². The van der Waals surface area contributed by atoms with Crippen molar-refractivity contribution in [1.29, 1.82) is 0 Å². The molecule has 20 heavy (non-hydrogen) atoms. The number of nitrogens with zero attached hydrogens (tertiary/aromatic N) is 1. The Labute approximate surface area is 123 Å². The molecule has 1 rings (SSSR count). The van der Waals surface area contributed by atoms with Crippen molar-refractivity contribution in [3.8, 4) is 0 Å². The summed E-state index contributed by atoms with van der Waals surface area (Å²) < 4.78 is 22.9. The summed E-state index contributed by atoms with van der Waals surface area (Å²) in [6.07, 6.45) is 0.498. The quantitative estimate of drug-likeness (QED) is 0.732. The van der Waals surface area contributed by atoms with E-state index in [-0.39, 0.29) is 29.2 Å². The first-order chi connectivity index (χ1) is 9.26. The van der Waals surface area contributed by atoms with Crippen LogP contribution in [0.2, 0.25) is 0 Å². The molecule has 2 unspecified atom stereocenters. The van der Waals surface area contributed by atoms with E-state index < -0.39 is 21.7 Å². The van der Waals surface area contributed by atoms with E-state index >= 15 is 0 Å². The van der Waals surface area contributed by atoms with E-state index in [2.05, 4.69) is 0 Å². The third kappa shape index (κ3) is 4.97. The topological polar surface area (TPSA) is 91.8 Å². The summed E-state index contributed by atoms with van der Waals surface area (Å²) in [5.41, 5.74) is 0. The third-order valence-electron chi connectivity index (χ3n) is 3.33. The minimum Gasteiger partial charge on any atom is -0.481 e. The lowest BCUT2D eigenvalue weighted by molar-refractivity contribution is -0.140. The Kier molecular flexibility index (Phi) is 6.32. The predicted molar refractivity (Wildman–Crippen MR) is 78.6 cm³/mol. The number of hydrogen-bond donors (Lipinski definition) is 1. The highest BCUT2D eigenvalue weighted by Gasteiger charge is 2.33. The molecule has 0 saturated carbocycles. The Balaban J connectivity index is 2.46. The van der Waals surface area contributed by atoms with Crippen molar-refractivity contribution in [1.82, 2.24) is 4.90 Å². The van der Waals surface area contributed by atoms with Crippen molar-refractivity contribution in [2.45, 2.75) is 26.3 Å². The summed E-state index contributed by atoms with van der Waals surface area (Å²) in [4.78, 5) is 24.4. The average Bonchev–Trinajstić information content (AvgIpc) is 2.70. The van der Waals surface area contributed by atoms with Gasteiger partial charge in [-0.3, -0.25) is 9.59 Å². The zero-order valence-electron chi connectivity index (χ0n) is 11.7. The van der Waals surface area contributed by atoms with E-state index in [9.17, 15) is 18.0 Å². The van der Waals surface area contributed by atoms with Gasteiger partial charge in [-0.2, -0.15) is 11.8 Å². The summed E-state index contributed by atoms with van der Waals surface area (Å²) in [6, 6.07) is -0.227. The molecule has 1 aliphatic rings. The van der Waals surface area contributed by atoms with Gasteiger partial charge in [0.05, 0.1) is 23.2 Å². The average molecular weight is 323 g/mol. The van der Waals surface area contributed by atoms with Crippen LogP contribution in [-0.2, 0) is 19.4 Å². The molecule has 116 valence electrons. The van der Waals surface area contributed by atoms with Crippen LogP contribution < -0.4 is 0 Å². The first kappa shape index (κ1) is 17.3. The molecule has 0 radical (unpaired) electrons. The van der Waals surface area contributed by atoms with Crippen LogP contribution in [-0.4, -0.2) is 65.9 Å². The molecule has 0 aliphatic carbocycles. The van der Waals surface area contributed by atoms with Gasteiger partial charge in [-0.1, -0.05) is 6.92 Å². The molecule has 0 spiro atoms. The molecule has 6 nitrogen and oxygen atoms in total. The molecular formula is C12H21NO5S2. The van der Waals surface area contributed by atoms with Crippen LogP contribution >= 0.6 is 11.8 Å². The molecule has 0 aromatic heterocycles. The second kappa shape index (κ2) is 7.31. The van der Waals surface area contributed by atoms with Crippen LogP contribution in [0.25, 0.3) is 0 Å². The van der Waals surface area contributed by atoms with E-state index in [0.29, 0.717) is 18.7 Å². The molecule has 1 saturated heterocycles. The van der Waals surface area contributed by atoms with E-state index in [0.717, 1.165) is 0 Å². The monoisotopic (exact) mass is 323 g/mol. The fourth-order valence-electron chi connectivity index (χ4n) is 2.14. The van der Waals surface area contributed by atoms with Crippen LogP contribution in [0, 0.1) is 5.92 Å². The number of rotatable bonds is 7. The van der Waals surface area contributed by atoms with Crippen molar-refractivity contribution < 1.29 is 23.1 Å². The summed E-state index contributed by atoms with van der Waals surface area (Å²) in [5, 5.41) is 8.76. The van der Waals surface area contributed by atoms with Gasteiger partial charge >= 0.3 is 5.97 Å². The van der Waals surface area contributed by atoms with E-state index in [1.807, 2.05) is 6.92 Å². The van der Waals surface area contributed by atoms with Gasteiger partial charge in [-0.05, 0) is 13.3 Å². The molecule has 1 aliphatic heterocycles. The van der Waals surface area contributed by atoms with Crippen molar-refractivity contribution in [3.63, 3.8) is 0 Å². The molecule has 1 N–H and O–H groups in total. The minimum atomic E-state index is -3.01. The smallest absolute Gasteiger partial charge is 0.307 e. The predicted octanol–water partition coefficient (Wildman–Crippen LogP) is 0.476. The first-order valence-electron chi connectivity index (χ1n) is 6.57. The Morgan fingerprint density at radius 2 is 2.10 bits per heavy atom. The molecule has 8 heteroatoms. The normalized spacial score (nSPS) is 22.4. The highest BCUT2D eigenvalue weighted by molar-refractivity contribution is 7.99. The number of carboxylic acid groups (broad SMARTS) is 1. The summed E-state index contributed by atoms with van der Waals surface area (Å²) in [7, 11) is -3.01. The lowest BCUT2D eigenvalue weighted by atomic mass is 10.2. The molecule has 0 aromatic rings. The number of carboxylic acids is 1. The molecule has 0 bridgehead atoms. The number of aliphatic carboxylic acids is 1. The van der Waals surface area contributed by atoms with Crippen LogP contribution in [0.5, 0.6) is 0 Å². The first-order valence-corrected chi connectivity index (χ1v) is 9.55. The molecule has 0 aromatic carbocycles. The zero-order valence-corrected chi connectivity index (χ0v) is 13.4. The highest BCUT2D eigenvalue weighted by Crippen LogP contribution is 2.19. The van der Waals surface area contributed by atoms with Crippen molar-refractivity contribution in [2.24, 2.45) is 5.92 Å². The maximum atomic E-state index is 12.1. The van der Waals surface area contributed by atoms with E-state index in [1.54, 1.807) is 11.8 Å². The number of carbonyl (C=O) groups excluding carboxylic acids is 1. The maximum absolute atomic E-state index is 12.1. The number of thioether (sulfide) groups is 1. The summed E-state index contributed by atoms with van der Waals surface area (Å²) in [6.45, 7) is 3.91. The van der Waals surface area contributed by atoms with Crippen LogP contribution in [0.3, 0.4) is 0 Å². The standard InChI is InChI=1S/C12H21NO5S2/c1-3-13(10-4-5-20(17,18)8-10)11(14)7-19-6-9(2)12(15)16/h9-10H,3-8H2,1-2H3,(H,15,16). The fourth-order valence-corrected chi connectivity index (χ4v) is 4.82. The van der Waals surface area contributed by atoms with Gasteiger partial charge in [-0.25, -0.2) is 8.42 Å². The number of carbonyl (C=O) groups is 2. The highest BCUT2D eigenvalue weighted by atomic mass is 32.2. The van der Waals surface area contributed by atoms with Gasteiger partial charge < -0.3 is 10.0 Å².